The van der Waals surface area contributed by atoms with Gasteiger partial charge in [-0.05, 0) is 49.7 Å². The van der Waals surface area contributed by atoms with Gasteiger partial charge in [-0.15, -0.1) is 0 Å². The van der Waals surface area contributed by atoms with Crippen LogP contribution in [0.25, 0.3) is 22.4 Å². The Morgan fingerprint density at radius 1 is 1.00 bits per heavy atom. The summed E-state index contributed by atoms with van der Waals surface area (Å²) in [5.74, 6) is 1.01. The van der Waals surface area contributed by atoms with Crippen LogP contribution in [0, 0.1) is 18.3 Å². The molecule has 0 saturated heterocycles. The molecule has 1 amide bonds. The highest BCUT2D eigenvalue weighted by atomic mass is 32.2. The normalized spacial score (nSPS) is 11.4. The van der Waals surface area contributed by atoms with Gasteiger partial charge in [0.05, 0.1) is 23.6 Å². The van der Waals surface area contributed by atoms with E-state index in [9.17, 15) is 10.1 Å². The smallest absolute Gasteiger partial charge is 0.238 e. The van der Waals surface area contributed by atoms with Gasteiger partial charge in [-0.2, -0.15) is 5.26 Å². The summed E-state index contributed by atoms with van der Waals surface area (Å²) in [7, 11) is 1.61. The number of nitrogens with zero attached hydrogens (tertiary/aromatic N) is 3. The van der Waals surface area contributed by atoms with Crippen LogP contribution >= 0.6 is 11.8 Å². The fourth-order valence-corrected chi connectivity index (χ4v) is 4.46. The molecule has 0 saturated carbocycles. The maximum absolute atomic E-state index is 12.9. The first kappa shape index (κ1) is 24.0. The molecule has 0 radical (unpaired) electrons. The molecule has 0 aliphatic rings. The predicted molar refractivity (Wildman–Crippen MR) is 139 cm³/mol. The van der Waals surface area contributed by atoms with E-state index in [1.54, 1.807) is 20.1 Å². The lowest BCUT2D eigenvalue weighted by Crippen LogP contribution is -2.23. The van der Waals surface area contributed by atoms with Crippen molar-refractivity contribution in [1.82, 2.24) is 9.97 Å². The van der Waals surface area contributed by atoms with E-state index in [1.165, 1.54) is 11.8 Å². The number of amides is 1. The highest BCUT2D eigenvalue weighted by Crippen LogP contribution is 2.36. The number of ether oxygens (including phenoxy) is 1. The third kappa shape index (κ3) is 5.68. The molecular weight excluding hydrogens is 456 g/mol. The van der Waals surface area contributed by atoms with Crippen molar-refractivity contribution in [3.8, 4) is 34.2 Å². The minimum Gasteiger partial charge on any atom is -0.497 e. The zero-order chi connectivity index (χ0) is 24.8. The van der Waals surface area contributed by atoms with Crippen molar-refractivity contribution in [1.29, 1.82) is 5.26 Å². The van der Waals surface area contributed by atoms with Crippen molar-refractivity contribution in [2.75, 3.05) is 12.4 Å². The maximum Gasteiger partial charge on any atom is 0.238 e. The van der Waals surface area contributed by atoms with E-state index in [4.69, 9.17) is 9.72 Å². The molecule has 0 fully saturated rings. The van der Waals surface area contributed by atoms with Crippen LogP contribution in [-0.4, -0.2) is 28.2 Å². The first-order chi connectivity index (χ1) is 17.0. The number of pyridine rings is 2. The third-order valence-electron chi connectivity index (χ3n) is 5.37. The second kappa shape index (κ2) is 10.9. The predicted octanol–water partition coefficient (Wildman–Crippen LogP) is 6.12. The van der Waals surface area contributed by atoms with Crippen molar-refractivity contribution < 1.29 is 9.53 Å². The number of aromatic nitrogens is 2. The average Bonchev–Trinajstić information content (AvgIpc) is 2.88. The molecule has 2 aromatic heterocycles. The Morgan fingerprint density at radius 3 is 2.40 bits per heavy atom. The summed E-state index contributed by atoms with van der Waals surface area (Å²) in [4.78, 5) is 22.0. The maximum atomic E-state index is 12.9. The quantitative estimate of drug-likeness (QED) is 0.321. The van der Waals surface area contributed by atoms with Crippen LogP contribution in [0.5, 0.6) is 5.75 Å². The molecule has 1 atom stereocenters. The van der Waals surface area contributed by atoms with E-state index in [1.807, 2.05) is 79.7 Å². The largest absolute Gasteiger partial charge is 0.497 e. The number of thioether (sulfide) groups is 1. The fourth-order valence-electron chi connectivity index (χ4n) is 3.53. The molecule has 0 aliphatic carbocycles. The van der Waals surface area contributed by atoms with Crippen LogP contribution in [-0.2, 0) is 4.79 Å². The zero-order valence-corrected chi connectivity index (χ0v) is 20.5. The lowest BCUT2D eigenvalue weighted by Gasteiger charge is -2.16. The van der Waals surface area contributed by atoms with Crippen molar-refractivity contribution in [3.05, 3.63) is 90.1 Å². The SMILES string of the molecule is COc1ccc(-c2cc(-c3ccccc3)nc(SC(C)C(=O)Nc3cccc(C)n3)c2C#N)cc1. The van der Waals surface area contributed by atoms with Crippen molar-refractivity contribution in [3.63, 3.8) is 0 Å². The molecular formula is C28H24N4O2S. The van der Waals surface area contributed by atoms with Gasteiger partial charge >= 0.3 is 0 Å². The van der Waals surface area contributed by atoms with E-state index in [2.05, 4.69) is 16.4 Å². The minimum atomic E-state index is -0.508. The van der Waals surface area contributed by atoms with Gasteiger partial charge in [0.1, 0.15) is 22.7 Å². The first-order valence-electron chi connectivity index (χ1n) is 11.0. The second-order valence-electron chi connectivity index (χ2n) is 7.86. The molecule has 0 aliphatic heterocycles. The summed E-state index contributed by atoms with van der Waals surface area (Å²) in [6.07, 6.45) is 0. The summed E-state index contributed by atoms with van der Waals surface area (Å²) < 4.78 is 5.28. The molecule has 1 N–H and O–H groups in total. The minimum absolute atomic E-state index is 0.213. The number of anilines is 1. The molecule has 4 aromatic rings. The van der Waals surface area contributed by atoms with E-state index >= 15 is 0 Å². The zero-order valence-electron chi connectivity index (χ0n) is 19.6. The standard InChI is InChI=1S/C28H24N4O2S/c1-18-8-7-11-26(30-18)32-27(33)19(2)35-28-24(17-29)23(20-12-14-22(34-3)15-13-20)16-25(31-28)21-9-5-4-6-10-21/h4-16,19H,1-3H3,(H,30,32,33). The first-order valence-corrected chi connectivity index (χ1v) is 11.9. The molecule has 7 heteroatoms. The van der Waals surface area contributed by atoms with E-state index in [-0.39, 0.29) is 5.91 Å². The monoisotopic (exact) mass is 480 g/mol. The van der Waals surface area contributed by atoms with Crippen molar-refractivity contribution >= 4 is 23.5 Å². The Morgan fingerprint density at radius 2 is 1.74 bits per heavy atom. The Kier molecular flexibility index (Phi) is 7.44. The molecule has 2 aromatic carbocycles. The Hall–Kier alpha value is -4.15. The van der Waals surface area contributed by atoms with Crippen LogP contribution < -0.4 is 10.1 Å². The summed E-state index contributed by atoms with van der Waals surface area (Å²) in [6, 6.07) is 27.0. The summed E-state index contributed by atoms with van der Waals surface area (Å²) in [5.41, 5.74) is 4.51. The Balaban J connectivity index is 1.73. The number of carbonyl (C=O) groups excluding carboxylic acids is 1. The molecule has 1 unspecified atom stereocenters. The number of methoxy groups -OCH3 is 1. The molecule has 174 valence electrons. The van der Waals surface area contributed by atoms with E-state index in [0.29, 0.717) is 16.4 Å². The van der Waals surface area contributed by atoms with Gasteiger partial charge in [-0.25, -0.2) is 9.97 Å². The number of carbonyl (C=O) groups is 1. The van der Waals surface area contributed by atoms with Crippen LogP contribution in [0.4, 0.5) is 5.82 Å². The van der Waals surface area contributed by atoms with Gasteiger partial charge in [0.15, 0.2) is 0 Å². The van der Waals surface area contributed by atoms with Gasteiger partial charge in [0.2, 0.25) is 5.91 Å². The van der Waals surface area contributed by atoms with E-state index < -0.39 is 5.25 Å². The summed E-state index contributed by atoms with van der Waals surface area (Å²) in [6.45, 7) is 3.66. The van der Waals surface area contributed by atoms with Crippen LogP contribution in [0.1, 0.15) is 18.2 Å². The second-order valence-corrected chi connectivity index (χ2v) is 9.18. The van der Waals surface area contributed by atoms with Gasteiger partial charge in [0, 0.05) is 16.8 Å². The van der Waals surface area contributed by atoms with Gasteiger partial charge in [-0.3, -0.25) is 4.79 Å². The lowest BCUT2D eigenvalue weighted by atomic mass is 9.99. The van der Waals surface area contributed by atoms with Gasteiger partial charge < -0.3 is 10.1 Å². The molecule has 6 nitrogen and oxygen atoms in total. The summed E-state index contributed by atoms with van der Waals surface area (Å²) >= 11 is 1.25. The molecule has 4 rings (SSSR count). The molecule has 0 spiro atoms. The highest BCUT2D eigenvalue weighted by Gasteiger charge is 2.22. The number of nitrogens with one attached hydrogen (secondary N) is 1. The number of rotatable bonds is 7. The van der Waals surface area contributed by atoms with Crippen molar-refractivity contribution in [2.45, 2.75) is 24.1 Å². The number of benzene rings is 2. The number of nitriles is 1. The Bertz CT molecular complexity index is 1380. The van der Waals surface area contributed by atoms with Crippen LogP contribution in [0.2, 0.25) is 0 Å². The summed E-state index contributed by atoms with van der Waals surface area (Å²) in [5, 5.41) is 12.9. The highest BCUT2D eigenvalue weighted by molar-refractivity contribution is 8.00. The Labute approximate surface area is 209 Å². The lowest BCUT2D eigenvalue weighted by molar-refractivity contribution is -0.115. The van der Waals surface area contributed by atoms with Crippen LogP contribution in [0.15, 0.2) is 83.9 Å². The van der Waals surface area contributed by atoms with E-state index in [0.717, 1.165) is 33.8 Å². The molecule has 2 heterocycles. The molecule has 0 bridgehead atoms. The van der Waals surface area contributed by atoms with Crippen molar-refractivity contribution in [2.24, 2.45) is 0 Å². The topological polar surface area (TPSA) is 87.9 Å². The number of aryl methyl sites for hydroxylation is 1. The average molecular weight is 481 g/mol. The number of hydrogen-bond donors (Lipinski definition) is 1. The molecule has 35 heavy (non-hydrogen) atoms. The number of hydrogen-bond acceptors (Lipinski definition) is 6. The third-order valence-corrected chi connectivity index (χ3v) is 6.45. The fraction of sp³-hybridized carbons (Fsp3) is 0.143. The van der Waals surface area contributed by atoms with Crippen LogP contribution in [0.3, 0.4) is 0 Å². The van der Waals surface area contributed by atoms with Gasteiger partial charge in [-0.1, -0.05) is 60.3 Å². The van der Waals surface area contributed by atoms with Gasteiger partial charge in [0.25, 0.3) is 0 Å².